The minimum absolute atomic E-state index is 0.196. The molecule has 0 aliphatic carbocycles. The molecule has 0 saturated carbocycles. The smallest absolute Gasteiger partial charge is 0.325 e. The summed E-state index contributed by atoms with van der Waals surface area (Å²) in [6.45, 7) is 3.85. The second kappa shape index (κ2) is 7.77. The quantitative estimate of drug-likeness (QED) is 0.567. The minimum atomic E-state index is -1.26. The maximum absolute atomic E-state index is 12.8. The predicted octanol–water partition coefficient (Wildman–Crippen LogP) is 3.00. The van der Waals surface area contributed by atoms with Gasteiger partial charge in [-0.25, -0.2) is 0 Å². The summed E-state index contributed by atoms with van der Waals surface area (Å²) in [5.41, 5.74) is 0.835. The van der Waals surface area contributed by atoms with Crippen LogP contribution in [0.25, 0.3) is 0 Å². The number of hydrogen-bond donors (Lipinski definition) is 0. The first-order valence-electron chi connectivity index (χ1n) is 7.85. The molecule has 0 spiro atoms. The summed E-state index contributed by atoms with van der Waals surface area (Å²) in [6, 6.07) is 9.27. The van der Waals surface area contributed by atoms with Crippen molar-refractivity contribution in [3.63, 3.8) is 0 Å². The van der Waals surface area contributed by atoms with Gasteiger partial charge in [0.25, 0.3) is 0 Å². The van der Waals surface area contributed by atoms with Gasteiger partial charge < -0.3 is 4.74 Å². The van der Waals surface area contributed by atoms with Crippen molar-refractivity contribution >= 4 is 29.3 Å². The number of carbonyl (C=O) groups is 3. The molecule has 5 heteroatoms. The highest BCUT2D eigenvalue weighted by molar-refractivity contribution is 7.99. The van der Waals surface area contributed by atoms with Crippen LogP contribution in [0, 0.1) is 5.92 Å². The topological polar surface area (TPSA) is 60.4 Å². The van der Waals surface area contributed by atoms with Gasteiger partial charge in [0, 0.05) is 17.6 Å². The van der Waals surface area contributed by atoms with Crippen molar-refractivity contribution in [1.82, 2.24) is 0 Å². The summed E-state index contributed by atoms with van der Waals surface area (Å²) in [4.78, 5) is 37.3. The molecule has 4 unspecified atom stereocenters. The molecule has 124 valence electrons. The average molecular weight is 334 g/mol. The number of ketones is 2. The van der Waals surface area contributed by atoms with Gasteiger partial charge in [-0.2, -0.15) is 11.8 Å². The molecule has 0 aromatic heterocycles. The summed E-state index contributed by atoms with van der Waals surface area (Å²) in [7, 11) is 0. The van der Waals surface area contributed by atoms with Gasteiger partial charge in [0.2, 0.25) is 0 Å². The van der Waals surface area contributed by atoms with Gasteiger partial charge in [-0.1, -0.05) is 44.2 Å². The van der Waals surface area contributed by atoms with E-state index in [4.69, 9.17) is 4.74 Å². The average Bonchev–Trinajstić information content (AvgIpc) is 2.82. The van der Waals surface area contributed by atoms with Gasteiger partial charge >= 0.3 is 5.97 Å². The monoisotopic (exact) mass is 334 g/mol. The van der Waals surface area contributed by atoms with Gasteiger partial charge in [-0.3, -0.25) is 14.4 Å². The molecule has 2 rings (SSSR count). The maximum Gasteiger partial charge on any atom is 0.325 e. The Balaban J connectivity index is 2.18. The summed E-state index contributed by atoms with van der Waals surface area (Å²) in [5.74, 6) is -3.12. The van der Waals surface area contributed by atoms with E-state index in [9.17, 15) is 14.4 Å². The summed E-state index contributed by atoms with van der Waals surface area (Å²) in [6.07, 6.45) is 2.16. The Bertz CT molecular complexity index is 584. The van der Waals surface area contributed by atoms with Gasteiger partial charge in [0.1, 0.15) is 0 Å². The first-order valence-corrected chi connectivity index (χ1v) is 9.14. The van der Waals surface area contributed by atoms with Crippen LogP contribution in [0.3, 0.4) is 0 Å². The molecule has 4 atom stereocenters. The predicted molar refractivity (Wildman–Crippen MR) is 90.5 cm³/mol. The maximum atomic E-state index is 12.8. The largest absolute Gasteiger partial charge is 0.453 e. The van der Waals surface area contributed by atoms with Crippen molar-refractivity contribution < 1.29 is 19.1 Å². The van der Waals surface area contributed by atoms with Crippen LogP contribution in [0.2, 0.25) is 0 Å². The van der Waals surface area contributed by atoms with Gasteiger partial charge in [0.05, 0.1) is 0 Å². The van der Waals surface area contributed by atoms with E-state index in [2.05, 4.69) is 0 Å². The lowest BCUT2D eigenvalue weighted by Gasteiger charge is -2.16. The second-order valence-corrected chi connectivity index (χ2v) is 7.09. The zero-order valence-corrected chi connectivity index (χ0v) is 14.5. The molecule has 4 nitrogen and oxygen atoms in total. The molecule has 1 heterocycles. The van der Waals surface area contributed by atoms with E-state index in [1.54, 1.807) is 11.8 Å². The highest BCUT2D eigenvalue weighted by Crippen LogP contribution is 2.31. The van der Waals surface area contributed by atoms with Gasteiger partial charge in [-0.05, 0) is 18.2 Å². The highest BCUT2D eigenvalue weighted by atomic mass is 32.2. The van der Waals surface area contributed by atoms with Gasteiger partial charge in [0.15, 0.2) is 23.6 Å². The Kier molecular flexibility index (Phi) is 5.99. The van der Waals surface area contributed by atoms with Crippen molar-refractivity contribution in [2.45, 2.75) is 44.0 Å². The third kappa shape index (κ3) is 3.83. The third-order valence-corrected chi connectivity index (χ3v) is 5.28. The molecule has 1 fully saturated rings. The van der Waals surface area contributed by atoms with Crippen molar-refractivity contribution in [2.75, 3.05) is 6.26 Å². The Morgan fingerprint density at radius 1 is 1.26 bits per heavy atom. The number of ether oxygens (including phenoxy) is 1. The van der Waals surface area contributed by atoms with Crippen LogP contribution in [-0.4, -0.2) is 35.1 Å². The number of esters is 1. The normalized spacial score (nSPS) is 23.4. The van der Waals surface area contributed by atoms with Crippen LogP contribution in [0.4, 0.5) is 0 Å². The van der Waals surface area contributed by atoms with Crippen LogP contribution in [0.15, 0.2) is 30.3 Å². The first-order chi connectivity index (χ1) is 11.0. The number of benzene rings is 1. The van der Waals surface area contributed by atoms with Crippen molar-refractivity contribution in [1.29, 1.82) is 0 Å². The molecule has 0 amide bonds. The van der Waals surface area contributed by atoms with E-state index < -0.39 is 23.9 Å². The fourth-order valence-corrected chi connectivity index (χ4v) is 3.24. The van der Waals surface area contributed by atoms with Crippen LogP contribution in [0.1, 0.15) is 38.2 Å². The number of carbonyl (C=O) groups excluding carboxylic acids is 3. The fourth-order valence-electron chi connectivity index (χ4n) is 2.87. The van der Waals surface area contributed by atoms with Crippen LogP contribution >= 0.6 is 11.8 Å². The number of thioether (sulfide) groups is 1. The fraction of sp³-hybridized carbons (Fsp3) is 0.500. The summed E-state index contributed by atoms with van der Waals surface area (Å²) >= 11 is 1.60. The van der Waals surface area contributed by atoms with E-state index in [0.717, 1.165) is 5.56 Å². The lowest BCUT2D eigenvalue weighted by atomic mass is 9.83. The molecular weight excluding hydrogens is 312 g/mol. The number of hydrogen-bond acceptors (Lipinski definition) is 5. The number of cyclic esters (lactones) is 1. The molecular formula is C18H22O4S. The summed E-state index contributed by atoms with van der Waals surface area (Å²) in [5, 5.41) is 0.196. The Morgan fingerprint density at radius 2 is 1.91 bits per heavy atom. The Hall–Kier alpha value is -1.62. The van der Waals surface area contributed by atoms with Crippen LogP contribution in [-0.2, 0) is 19.1 Å². The number of Topliss-reactive ketones (excluding diaryl/α,β-unsaturated/α-hetero) is 2. The molecule has 23 heavy (non-hydrogen) atoms. The molecule has 0 radical (unpaired) electrons. The molecule has 1 aliphatic heterocycles. The first kappa shape index (κ1) is 17.7. The molecule has 1 saturated heterocycles. The van der Waals surface area contributed by atoms with Crippen molar-refractivity contribution in [2.24, 2.45) is 5.92 Å². The molecule has 0 N–H and O–H groups in total. The SMILES string of the molecule is CCC(C(=O)C1C(=O)OC(CC(C)SC)C1=O)c1ccccc1. The molecule has 0 bridgehead atoms. The summed E-state index contributed by atoms with van der Waals surface area (Å²) < 4.78 is 5.19. The van der Waals surface area contributed by atoms with Crippen LogP contribution in [0.5, 0.6) is 0 Å². The van der Waals surface area contributed by atoms with Gasteiger partial charge in [-0.15, -0.1) is 0 Å². The van der Waals surface area contributed by atoms with E-state index in [1.807, 2.05) is 50.4 Å². The van der Waals surface area contributed by atoms with E-state index in [-0.39, 0.29) is 16.8 Å². The van der Waals surface area contributed by atoms with E-state index in [0.29, 0.717) is 12.8 Å². The third-order valence-electron chi connectivity index (χ3n) is 4.28. The molecule has 1 aromatic rings. The lowest BCUT2D eigenvalue weighted by Crippen LogP contribution is -2.32. The highest BCUT2D eigenvalue weighted by Gasteiger charge is 2.49. The molecule has 1 aromatic carbocycles. The Labute approximate surface area is 141 Å². The van der Waals surface area contributed by atoms with E-state index >= 15 is 0 Å². The zero-order chi connectivity index (χ0) is 17.0. The molecule has 1 aliphatic rings. The van der Waals surface area contributed by atoms with E-state index in [1.165, 1.54) is 0 Å². The standard InChI is InChI=1S/C18H22O4S/c1-4-13(12-8-6-5-7-9-12)16(19)15-17(20)14(22-18(15)21)10-11(2)23-3/h5-9,11,13-15H,4,10H2,1-3H3. The van der Waals surface area contributed by atoms with Crippen molar-refractivity contribution in [3.05, 3.63) is 35.9 Å². The minimum Gasteiger partial charge on any atom is -0.453 e. The Morgan fingerprint density at radius 3 is 2.48 bits per heavy atom. The zero-order valence-electron chi connectivity index (χ0n) is 13.7. The second-order valence-electron chi connectivity index (χ2n) is 5.82. The number of rotatable bonds is 7. The van der Waals surface area contributed by atoms with Crippen LogP contribution < -0.4 is 0 Å². The lowest BCUT2D eigenvalue weighted by molar-refractivity contribution is -0.147. The van der Waals surface area contributed by atoms with Crippen molar-refractivity contribution in [3.8, 4) is 0 Å².